The number of hydrogen-bond acceptors (Lipinski definition) is 6. The lowest BCUT2D eigenvalue weighted by Gasteiger charge is -2.11. The Morgan fingerprint density at radius 3 is 2.67 bits per heavy atom. The molecule has 112 valence electrons. The summed E-state index contributed by atoms with van der Waals surface area (Å²) < 4.78 is 6.17. The summed E-state index contributed by atoms with van der Waals surface area (Å²) in [7, 11) is 0. The Morgan fingerprint density at radius 2 is 2.10 bits per heavy atom. The molecule has 0 fully saturated rings. The van der Waals surface area contributed by atoms with Gasteiger partial charge < -0.3 is 10.1 Å². The fraction of sp³-hybridized carbons (Fsp3) is 0.357. The second kappa shape index (κ2) is 7.42. The van der Waals surface area contributed by atoms with Gasteiger partial charge in [-0.25, -0.2) is 0 Å². The molecule has 1 heterocycles. The Morgan fingerprint density at radius 1 is 1.38 bits per heavy atom. The van der Waals surface area contributed by atoms with E-state index in [0.717, 1.165) is 20.8 Å². The van der Waals surface area contributed by atoms with Crippen LogP contribution >= 0.6 is 23.1 Å². The molecule has 0 aliphatic heterocycles. The van der Waals surface area contributed by atoms with Crippen LogP contribution in [0.5, 0.6) is 5.75 Å². The maximum Gasteiger partial charge on any atom is 0.237 e. The van der Waals surface area contributed by atoms with Crippen molar-refractivity contribution < 1.29 is 9.53 Å². The highest BCUT2D eigenvalue weighted by atomic mass is 32.2. The first-order chi connectivity index (χ1) is 10.1. The smallest absolute Gasteiger partial charge is 0.237 e. The fourth-order valence-corrected chi connectivity index (χ4v) is 3.54. The Labute approximate surface area is 132 Å². The van der Waals surface area contributed by atoms with Crippen LogP contribution in [0.15, 0.2) is 28.6 Å². The van der Waals surface area contributed by atoms with Gasteiger partial charge >= 0.3 is 0 Å². The van der Waals surface area contributed by atoms with Gasteiger partial charge in [0.05, 0.1) is 11.9 Å². The summed E-state index contributed by atoms with van der Waals surface area (Å²) >= 11 is 2.90. The van der Waals surface area contributed by atoms with Gasteiger partial charge in [-0.15, -0.1) is 10.2 Å². The highest BCUT2D eigenvalue weighted by Gasteiger charge is 2.16. The first-order valence-corrected chi connectivity index (χ1v) is 8.28. The topological polar surface area (TPSA) is 64.1 Å². The number of rotatable bonds is 6. The molecule has 0 saturated carbocycles. The molecule has 0 spiro atoms. The Hall–Kier alpha value is -1.60. The number of nitrogens with one attached hydrogen (secondary N) is 1. The molecule has 1 atom stereocenters. The standard InChI is InChI=1S/C14H17N3O2S2/c1-4-19-12-7-5-11(6-8-12)15-13(18)9(2)20-14-17-16-10(3)21-14/h5-9H,4H2,1-3H3,(H,15,18)/t9-/m1/s1. The van der Waals surface area contributed by atoms with Crippen LogP contribution in [0.25, 0.3) is 0 Å². The largest absolute Gasteiger partial charge is 0.494 e. The minimum Gasteiger partial charge on any atom is -0.494 e. The lowest BCUT2D eigenvalue weighted by atomic mass is 10.3. The number of amides is 1. The zero-order valence-electron chi connectivity index (χ0n) is 12.1. The summed E-state index contributed by atoms with van der Waals surface area (Å²) in [5, 5.41) is 11.5. The molecule has 2 aromatic rings. The van der Waals surface area contributed by atoms with E-state index in [1.165, 1.54) is 23.1 Å². The molecule has 2 rings (SSSR count). The fourth-order valence-electron chi connectivity index (χ4n) is 1.58. The van der Waals surface area contributed by atoms with Gasteiger partial charge in [0.25, 0.3) is 0 Å². The SMILES string of the molecule is CCOc1ccc(NC(=O)[C@@H](C)Sc2nnc(C)s2)cc1. The number of anilines is 1. The van der Waals surface area contributed by atoms with E-state index in [-0.39, 0.29) is 11.2 Å². The van der Waals surface area contributed by atoms with Crippen molar-refractivity contribution >= 4 is 34.7 Å². The number of thioether (sulfide) groups is 1. The molecule has 1 N–H and O–H groups in total. The number of benzene rings is 1. The molecule has 0 aliphatic carbocycles. The number of hydrogen-bond donors (Lipinski definition) is 1. The van der Waals surface area contributed by atoms with Crippen molar-refractivity contribution in [3.05, 3.63) is 29.3 Å². The van der Waals surface area contributed by atoms with E-state index in [0.29, 0.717) is 6.61 Å². The molecule has 1 amide bonds. The van der Waals surface area contributed by atoms with Crippen molar-refractivity contribution in [1.29, 1.82) is 0 Å². The molecule has 1 aromatic heterocycles. The average molecular weight is 323 g/mol. The molecule has 0 saturated heterocycles. The van der Waals surface area contributed by atoms with Gasteiger partial charge in [-0.2, -0.15) is 0 Å². The van der Waals surface area contributed by atoms with Crippen LogP contribution in [0.1, 0.15) is 18.9 Å². The zero-order chi connectivity index (χ0) is 15.2. The summed E-state index contributed by atoms with van der Waals surface area (Å²) in [6.07, 6.45) is 0. The molecule has 1 aromatic carbocycles. The van der Waals surface area contributed by atoms with Crippen LogP contribution in [0.2, 0.25) is 0 Å². The molecule has 21 heavy (non-hydrogen) atoms. The zero-order valence-corrected chi connectivity index (χ0v) is 13.8. The van der Waals surface area contributed by atoms with Crippen LogP contribution in [0.3, 0.4) is 0 Å². The van der Waals surface area contributed by atoms with Crippen molar-refractivity contribution in [3.8, 4) is 5.75 Å². The third-order valence-electron chi connectivity index (χ3n) is 2.59. The van der Waals surface area contributed by atoms with E-state index in [2.05, 4.69) is 15.5 Å². The van der Waals surface area contributed by atoms with Gasteiger partial charge in [-0.3, -0.25) is 4.79 Å². The van der Waals surface area contributed by atoms with Crippen LogP contribution < -0.4 is 10.1 Å². The minimum absolute atomic E-state index is 0.0583. The number of nitrogens with zero attached hydrogens (tertiary/aromatic N) is 2. The minimum atomic E-state index is -0.232. The molecular weight excluding hydrogens is 306 g/mol. The van der Waals surface area contributed by atoms with Crippen molar-refractivity contribution in [2.45, 2.75) is 30.4 Å². The van der Waals surface area contributed by atoms with Gasteiger partial charge in [0.15, 0.2) is 4.34 Å². The number of carbonyl (C=O) groups excluding carboxylic acids is 1. The second-order valence-electron chi connectivity index (χ2n) is 4.29. The summed E-state index contributed by atoms with van der Waals surface area (Å²) in [6.45, 7) is 6.31. The van der Waals surface area contributed by atoms with Crippen LogP contribution in [0.4, 0.5) is 5.69 Å². The maximum atomic E-state index is 12.1. The van der Waals surface area contributed by atoms with Crippen molar-refractivity contribution in [2.24, 2.45) is 0 Å². The summed E-state index contributed by atoms with van der Waals surface area (Å²) in [4.78, 5) is 12.1. The van der Waals surface area contributed by atoms with E-state index in [9.17, 15) is 4.79 Å². The molecule has 7 heteroatoms. The average Bonchev–Trinajstić information content (AvgIpc) is 2.86. The number of aromatic nitrogens is 2. The molecular formula is C14H17N3O2S2. The predicted octanol–water partition coefficient (Wildman–Crippen LogP) is 3.36. The normalized spacial score (nSPS) is 12.0. The van der Waals surface area contributed by atoms with E-state index in [1.54, 1.807) is 0 Å². The third kappa shape index (κ3) is 4.71. The lowest BCUT2D eigenvalue weighted by molar-refractivity contribution is -0.115. The quantitative estimate of drug-likeness (QED) is 0.826. The van der Waals surface area contributed by atoms with Crippen molar-refractivity contribution in [2.75, 3.05) is 11.9 Å². The van der Waals surface area contributed by atoms with Gasteiger partial charge in [0.2, 0.25) is 5.91 Å². The van der Waals surface area contributed by atoms with E-state index >= 15 is 0 Å². The van der Waals surface area contributed by atoms with Crippen LogP contribution in [0, 0.1) is 6.92 Å². The van der Waals surface area contributed by atoms with E-state index in [1.807, 2.05) is 45.0 Å². The van der Waals surface area contributed by atoms with Gasteiger partial charge in [-0.05, 0) is 45.0 Å². The van der Waals surface area contributed by atoms with Gasteiger partial charge in [0, 0.05) is 5.69 Å². The molecule has 5 nitrogen and oxygen atoms in total. The molecule has 0 aliphatic rings. The Kier molecular flexibility index (Phi) is 5.58. The third-order valence-corrected chi connectivity index (χ3v) is 4.61. The van der Waals surface area contributed by atoms with Crippen LogP contribution in [-0.4, -0.2) is 28.0 Å². The molecule has 0 radical (unpaired) electrons. The number of aryl methyl sites for hydroxylation is 1. The molecule has 0 unspecified atom stereocenters. The van der Waals surface area contributed by atoms with E-state index < -0.39 is 0 Å². The second-order valence-corrected chi connectivity index (χ2v) is 7.06. The van der Waals surface area contributed by atoms with E-state index in [4.69, 9.17) is 4.74 Å². The first kappa shape index (κ1) is 15.8. The maximum absolute atomic E-state index is 12.1. The van der Waals surface area contributed by atoms with Gasteiger partial charge in [0.1, 0.15) is 10.8 Å². The van der Waals surface area contributed by atoms with Crippen molar-refractivity contribution in [3.63, 3.8) is 0 Å². The first-order valence-electron chi connectivity index (χ1n) is 6.59. The predicted molar refractivity (Wildman–Crippen MR) is 86.2 cm³/mol. The Bertz CT molecular complexity index is 599. The highest BCUT2D eigenvalue weighted by molar-refractivity contribution is 8.02. The van der Waals surface area contributed by atoms with Gasteiger partial charge in [-0.1, -0.05) is 23.1 Å². The summed E-state index contributed by atoms with van der Waals surface area (Å²) in [6, 6.07) is 7.33. The lowest BCUT2D eigenvalue weighted by Crippen LogP contribution is -2.22. The van der Waals surface area contributed by atoms with Crippen LogP contribution in [-0.2, 0) is 4.79 Å². The molecule has 0 bridgehead atoms. The number of carbonyl (C=O) groups is 1. The highest BCUT2D eigenvalue weighted by Crippen LogP contribution is 2.27. The Balaban J connectivity index is 1.90. The monoisotopic (exact) mass is 323 g/mol. The number of ether oxygens (including phenoxy) is 1. The summed E-state index contributed by atoms with van der Waals surface area (Å²) in [5.41, 5.74) is 0.754. The summed E-state index contributed by atoms with van der Waals surface area (Å²) in [5.74, 6) is 0.735. The van der Waals surface area contributed by atoms with Crippen molar-refractivity contribution in [1.82, 2.24) is 10.2 Å².